The van der Waals surface area contributed by atoms with Crippen LogP contribution in [-0.2, 0) is 18.4 Å². The number of nitrogens with one attached hydrogen (secondary N) is 1. The number of amides is 1. The van der Waals surface area contributed by atoms with E-state index in [4.69, 9.17) is 9.05 Å². The molecule has 9 heteroatoms. The summed E-state index contributed by atoms with van der Waals surface area (Å²) in [4.78, 5) is 22.9. The molecule has 45 heavy (non-hydrogen) atoms. The summed E-state index contributed by atoms with van der Waals surface area (Å²) in [6.45, 7) is 4.71. The molecule has 1 unspecified atom stereocenters. The Balaban J connectivity index is 4.55. The average Bonchev–Trinajstić information content (AvgIpc) is 2.97. The number of aliphatic hydroxyl groups excluding tert-OH is 1. The van der Waals surface area contributed by atoms with Gasteiger partial charge in [-0.3, -0.25) is 13.8 Å². The van der Waals surface area contributed by atoms with Crippen molar-refractivity contribution in [2.24, 2.45) is 0 Å². The van der Waals surface area contributed by atoms with Crippen molar-refractivity contribution in [1.29, 1.82) is 0 Å². The fourth-order valence-electron chi connectivity index (χ4n) is 4.98. The molecule has 0 aromatic heterocycles. The number of aliphatic hydroxyl groups is 1. The summed E-state index contributed by atoms with van der Waals surface area (Å²) in [7, 11) is 1.54. The molecule has 0 aliphatic rings. The number of carbonyl (C=O) groups excluding carboxylic acids is 1. The molecule has 8 nitrogen and oxygen atoms in total. The molecule has 0 heterocycles. The lowest BCUT2D eigenvalue weighted by molar-refractivity contribution is -0.870. The van der Waals surface area contributed by atoms with E-state index in [0.29, 0.717) is 17.4 Å². The molecule has 0 radical (unpaired) electrons. The second-order valence-electron chi connectivity index (χ2n) is 13.6. The van der Waals surface area contributed by atoms with Crippen molar-refractivity contribution in [3.05, 3.63) is 24.3 Å². The first-order valence-electron chi connectivity index (χ1n) is 18.2. The molecule has 0 aliphatic heterocycles. The highest BCUT2D eigenvalue weighted by atomic mass is 31.2. The monoisotopic (exact) mass is 660 g/mol. The number of phosphoric ester groups is 1. The van der Waals surface area contributed by atoms with Crippen LogP contribution in [0.15, 0.2) is 24.3 Å². The van der Waals surface area contributed by atoms with Crippen molar-refractivity contribution in [2.75, 3.05) is 40.9 Å². The predicted octanol–water partition coefficient (Wildman–Crippen LogP) is 9.02. The summed E-state index contributed by atoms with van der Waals surface area (Å²) < 4.78 is 23.3. The normalized spacial score (nSPS) is 15.1. The number of quaternary nitrogens is 1. The molecule has 0 saturated heterocycles. The molecule has 0 rings (SSSR count). The van der Waals surface area contributed by atoms with Crippen molar-refractivity contribution in [2.45, 2.75) is 161 Å². The van der Waals surface area contributed by atoms with Crippen molar-refractivity contribution >= 4 is 13.7 Å². The second kappa shape index (κ2) is 29.1. The van der Waals surface area contributed by atoms with Crippen LogP contribution in [0.4, 0.5) is 0 Å². The Kier molecular flexibility index (Phi) is 28.5. The second-order valence-corrected chi connectivity index (χ2v) is 15.1. The topological polar surface area (TPSA) is 105 Å². The smallest absolute Gasteiger partial charge is 0.387 e. The lowest BCUT2D eigenvalue weighted by Gasteiger charge is -2.25. The molecular weight excluding hydrogens is 587 g/mol. The van der Waals surface area contributed by atoms with Crippen LogP contribution in [0.1, 0.15) is 149 Å². The number of rotatable bonds is 32. The van der Waals surface area contributed by atoms with Crippen LogP contribution in [0.5, 0.6) is 0 Å². The van der Waals surface area contributed by atoms with Gasteiger partial charge in [0, 0.05) is 6.42 Å². The first kappa shape index (κ1) is 44.0. The van der Waals surface area contributed by atoms with Gasteiger partial charge in [0.05, 0.1) is 39.9 Å². The van der Waals surface area contributed by atoms with E-state index >= 15 is 0 Å². The van der Waals surface area contributed by atoms with Crippen LogP contribution in [0, 0.1) is 0 Å². The Morgan fingerprint density at radius 1 is 0.756 bits per heavy atom. The number of likely N-dealkylation sites (N-methyl/N-ethyl adjacent to an activating group) is 1. The van der Waals surface area contributed by atoms with Crippen molar-refractivity contribution in [1.82, 2.24) is 5.32 Å². The van der Waals surface area contributed by atoms with Gasteiger partial charge >= 0.3 is 7.82 Å². The van der Waals surface area contributed by atoms with Crippen LogP contribution in [0.3, 0.4) is 0 Å². The maximum atomic E-state index is 12.7. The van der Waals surface area contributed by atoms with E-state index in [1.165, 1.54) is 96.3 Å². The standard InChI is InChI=1S/C36H71N2O6P/c1-6-8-10-12-14-16-17-18-19-20-22-24-26-28-30-36(40)37-34(33-44-45(41,42)43-32-31-38(3,4)5)35(39)29-27-25-23-21-15-13-11-9-7-2/h23,25,27,29,34-35,39H,6-22,24,26,28,30-33H2,1-5H3,(H-,37,40,41,42)/p+1/b25-23+,29-27+/t34-,35+/m0/s1. The summed E-state index contributed by atoms with van der Waals surface area (Å²) in [5.74, 6) is -0.198. The third-order valence-electron chi connectivity index (χ3n) is 7.98. The highest BCUT2D eigenvalue weighted by Gasteiger charge is 2.27. The van der Waals surface area contributed by atoms with E-state index < -0.39 is 20.0 Å². The molecule has 0 aliphatic carbocycles. The van der Waals surface area contributed by atoms with E-state index in [9.17, 15) is 19.4 Å². The molecule has 0 aromatic carbocycles. The zero-order valence-electron chi connectivity index (χ0n) is 29.9. The first-order chi connectivity index (χ1) is 21.5. The molecule has 266 valence electrons. The van der Waals surface area contributed by atoms with Gasteiger partial charge in [0.25, 0.3) is 0 Å². The SMILES string of the molecule is CCCCCCC/C=C/C=C/[C@@H](O)[C@H](COP(=O)(O)OCC[N+](C)(C)C)NC(=O)CCCCCCCCCCCCCCCC. The van der Waals surface area contributed by atoms with E-state index in [1.54, 1.807) is 12.2 Å². The summed E-state index contributed by atoms with van der Waals surface area (Å²) in [5, 5.41) is 13.6. The maximum absolute atomic E-state index is 12.7. The Morgan fingerprint density at radius 2 is 1.24 bits per heavy atom. The minimum absolute atomic E-state index is 0.0547. The lowest BCUT2D eigenvalue weighted by atomic mass is 10.0. The molecule has 0 bridgehead atoms. The highest BCUT2D eigenvalue weighted by molar-refractivity contribution is 7.47. The van der Waals surface area contributed by atoms with Crippen molar-refractivity contribution in [3.8, 4) is 0 Å². The van der Waals surface area contributed by atoms with Gasteiger partial charge in [0.2, 0.25) is 5.91 Å². The zero-order chi connectivity index (χ0) is 33.7. The van der Waals surface area contributed by atoms with Crippen molar-refractivity contribution < 1.29 is 32.9 Å². The average molecular weight is 660 g/mol. The third-order valence-corrected chi connectivity index (χ3v) is 8.96. The summed E-state index contributed by atoms with van der Waals surface area (Å²) >= 11 is 0. The molecule has 3 atom stereocenters. The first-order valence-corrected chi connectivity index (χ1v) is 19.7. The summed E-state index contributed by atoms with van der Waals surface area (Å²) in [6, 6.07) is -0.870. The molecular formula is C36H72N2O6P+. The van der Waals surface area contributed by atoms with Gasteiger partial charge in [-0.05, 0) is 19.3 Å². The van der Waals surface area contributed by atoms with Crippen LogP contribution in [0.2, 0.25) is 0 Å². The Labute approximate surface area is 277 Å². The van der Waals surface area contributed by atoms with Gasteiger partial charge in [0.1, 0.15) is 13.2 Å². The van der Waals surface area contributed by atoms with E-state index in [1.807, 2.05) is 27.2 Å². The lowest BCUT2D eigenvalue weighted by Crippen LogP contribution is -2.45. The summed E-state index contributed by atoms with van der Waals surface area (Å²) in [6.07, 6.45) is 31.1. The van der Waals surface area contributed by atoms with Gasteiger partial charge in [0.15, 0.2) is 0 Å². The van der Waals surface area contributed by atoms with Crippen molar-refractivity contribution in [3.63, 3.8) is 0 Å². The Bertz CT molecular complexity index is 799. The van der Waals surface area contributed by atoms with Gasteiger partial charge in [-0.1, -0.05) is 147 Å². The fourth-order valence-corrected chi connectivity index (χ4v) is 5.72. The van der Waals surface area contributed by atoms with E-state index in [-0.39, 0.29) is 19.1 Å². The largest absolute Gasteiger partial charge is 0.472 e. The van der Waals surface area contributed by atoms with Crippen LogP contribution in [0.25, 0.3) is 0 Å². The number of hydrogen-bond acceptors (Lipinski definition) is 5. The minimum Gasteiger partial charge on any atom is -0.387 e. The van der Waals surface area contributed by atoms with E-state index in [0.717, 1.165) is 32.1 Å². The van der Waals surface area contributed by atoms with Gasteiger partial charge in [-0.2, -0.15) is 0 Å². The molecule has 0 fully saturated rings. The summed E-state index contributed by atoms with van der Waals surface area (Å²) in [5.41, 5.74) is 0. The minimum atomic E-state index is -4.33. The van der Waals surface area contributed by atoms with Crippen LogP contribution in [-0.4, -0.2) is 73.4 Å². The number of phosphoric acid groups is 1. The van der Waals surface area contributed by atoms with Crippen LogP contribution >= 0.6 is 7.82 Å². The molecule has 0 spiro atoms. The maximum Gasteiger partial charge on any atom is 0.472 e. The Hall–Kier alpha value is -1.02. The number of unbranched alkanes of at least 4 members (excludes halogenated alkanes) is 18. The number of hydrogen-bond donors (Lipinski definition) is 3. The van der Waals surface area contributed by atoms with Gasteiger partial charge in [-0.25, -0.2) is 4.57 Å². The quantitative estimate of drug-likeness (QED) is 0.0288. The van der Waals surface area contributed by atoms with E-state index in [2.05, 4.69) is 25.2 Å². The van der Waals surface area contributed by atoms with Crippen LogP contribution < -0.4 is 5.32 Å². The highest BCUT2D eigenvalue weighted by Crippen LogP contribution is 2.43. The zero-order valence-corrected chi connectivity index (χ0v) is 30.8. The molecule has 1 amide bonds. The third kappa shape index (κ3) is 31.4. The molecule has 0 aromatic rings. The molecule has 0 saturated carbocycles. The number of carbonyl (C=O) groups is 1. The van der Waals surface area contributed by atoms with Gasteiger partial charge in [-0.15, -0.1) is 0 Å². The fraction of sp³-hybridized carbons (Fsp3) is 0.861. The number of allylic oxidation sites excluding steroid dienone is 3. The molecule has 3 N–H and O–H groups in total. The van der Waals surface area contributed by atoms with Gasteiger partial charge < -0.3 is 19.8 Å². The predicted molar refractivity (Wildman–Crippen MR) is 189 cm³/mol. The number of nitrogens with zero attached hydrogens (tertiary/aromatic N) is 1. The Morgan fingerprint density at radius 3 is 1.76 bits per heavy atom.